The number of carbonyl (C=O) groups is 2. The first-order valence-corrected chi connectivity index (χ1v) is 11.8. The number of aromatic nitrogens is 3. The van der Waals surface area contributed by atoms with E-state index in [-0.39, 0.29) is 36.9 Å². The van der Waals surface area contributed by atoms with Gasteiger partial charge in [0.1, 0.15) is 11.7 Å². The molecule has 0 radical (unpaired) electrons. The summed E-state index contributed by atoms with van der Waals surface area (Å²) < 4.78 is 30.5. The Morgan fingerprint density at radius 1 is 1.06 bits per heavy atom. The average molecular weight is 498 g/mol. The number of rotatable bonds is 6. The van der Waals surface area contributed by atoms with Gasteiger partial charge in [0.15, 0.2) is 0 Å². The number of pyridine rings is 1. The second-order valence-electron chi connectivity index (χ2n) is 9.28. The van der Waals surface area contributed by atoms with E-state index in [4.69, 9.17) is 0 Å². The summed E-state index contributed by atoms with van der Waals surface area (Å²) >= 11 is 0. The molecule has 4 rings (SSSR count). The SMILES string of the molecule is Cc1c(-c2ccc(NC(=O)[C@@H](NC(=O)c3ccnn3C)C3CCC(F)(F)CC3)cc2)ccc(=O)n1C. The molecule has 1 aliphatic rings. The fourth-order valence-electron chi connectivity index (χ4n) is 4.60. The molecule has 8 nitrogen and oxygen atoms in total. The lowest BCUT2D eigenvalue weighted by Crippen LogP contribution is -2.50. The van der Waals surface area contributed by atoms with Crippen molar-refractivity contribution >= 4 is 17.5 Å². The van der Waals surface area contributed by atoms with E-state index >= 15 is 0 Å². The van der Waals surface area contributed by atoms with E-state index in [0.717, 1.165) is 16.8 Å². The van der Waals surface area contributed by atoms with Crippen LogP contribution in [0.1, 0.15) is 41.9 Å². The molecule has 1 atom stereocenters. The molecular weight excluding hydrogens is 468 g/mol. The van der Waals surface area contributed by atoms with Crippen LogP contribution < -0.4 is 16.2 Å². The molecule has 0 aliphatic heterocycles. The van der Waals surface area contributed by atoms with Gasteiger partial charge < -0.3 is 15.2 Å². The van der Waals surface area contributed by atoms with Crippen molar-refractivity contribution in [1.82, 2.24) is 19.7 Å². The molecule has 2 heterocycles. The lowest BCUT2D eigenvalue weighted by atomic mass is 9.81. The molecule has 0 saturated heterocycles. The molecule has 1 aromatic carbocycles. The van der Waals surface area contributed by atoms with Gasteiger partial charge in [-0.3, -0.25) is 19.1 Å². The molecule has 190 valence electrons. The van der Waals surface area contributed by atoms with E-state index in [1.54, 1.807) is 36.9 Å². The van der Waals surface area contributed by atoms with Gasteiger partial charge >= 0.3 is 0 Å². The number of hydrogen-bond donors (Lipinski definition) is 2. The molecule has 1 saturated carbocycles. The average Bonchev–Trinajstić information content (AvgIpc) is 3.28. The number of nitrogens with zero attached hydrogens (tertiary/aromatic N) is 3. The number of nitrogens with one attached hydrogen (secondary N) is 2. The van der Waals surface area contributed by atoms with Crippen molar-refractivity contribution in [3.8, 4) is 11.1 Å². The smallest absolute Gasteiger partial charge is 0.270 e. The largest absolute Gasteiger partial charge is 0.339 e. The van der Waals surface area contributed by atoms with Crippen LogP contribution in [0.4, 0.5) is 14.5 Å². The number of halogens is 2. The summed E-state index contributed by atoms with van der Waals surface area (Å²) in [5.41, 5.74) is 3.25. The van der Waals surface area contributed by atoms with Gasteiger partial charge in [-0.15, -0.1) is 0 Å². The molecular formula is C26H29F2N5O3. The van der Waals surface area contributed by atoms with Crippen molar-refractivity contribution in [2.75, 3.05) is 5.32 Å². The molecule has 0 spiro atoms. The first kappa shape index (κ1) is 25.3. The van der Waals surface area contributed by atoms with E-state index in [9.17, 15) is 23.2 Å². The number of aryl methyl sites for hydroxylation is 1. The van der Waals surface area contributed by atoms with Crippen LogP contribution in [0, 0.1) is 12.8 Å². The van der Waals surface area contributed by atoms with E-state index < -0.39 is 29.7 Å². The maximum absolute atomic E-state index is 13.8. The van der Waals surface area contributed by atoms with Crippen LogP contribution >= 0.6 is 0 Å². The van der Waals surface area contributed by atoms with Crippen LogP contribution in [0.25, 0.3) is 11.1 Å². The molecule has 36 heavy (non-hydrogen) atoms. The van der Waals surface area contributed by atoms with Gasteiger partial charge in [-0.2, -0.15) is 5.10 Å². The number of hydrogen-bond acceptors (Lipinski definition) is 4. The molecule has 2 aromatic heterocycles. The van der Waals surface area contributed by atoms with Crippen molar-refractivity contribution in [2.45, 2.75) is 44.6 Å². The second kappa shape index (κ2) is 10.0. The Labute approximate surface area is 207 Å². The monoisotopic (exact) mass is 497 g/mol. The first-order valence-electron chi connectivity index (χ1n) is 11.8. The Hall–Kier alpha value is -3.82. The molecule has 2 amide bonds. The third kappa shape index (κ3) is 5.37. The fourth-order valence-corrected chi connectivity index (χ4v) is 4.60. The Kier molecular flexibility index (Phi) is 7.05. The van der Waals surface area contributed by atoms with E-state index in [0.29, 0.717) is 5.69 Å². The van der Waals surface area contributed by atoms with Gasteiger partial charge in [0, 0.05) is 56.1 Å². The minimum atomic E-state index is -2.75. The maximum Gasteiger partial charge on any atom is 0.270 e. The van der Waals surface area contributed by atoms with Crippen LogP contribution in [0.3, 0.4) is 0 Å². The Morgan fingerprint density at radius 3 is 2.33 bits per heavy atom. The lowest BCUT2D eigenvalue weighted by molar-refractivity contribution is -0.121. The molecule has 1 aliphatic carbocycles. The zero-order valence-corrected chi connectivity index (χ0v) is 20.4. The van der Waals surface area contributed by atoms with E-state index in [2.05, 4.69) is 15.7 Å². The summed E-state index contributed by atoms with van der Waals surface area (Å²) in [6, 6.07) is 10.9. The van der Waals surface area contributed by atoms with Gasteiger partial charge in [-0.05, 0) is 55.5 Å². The third-order valence-electron chi connectivity index (χ3n) is 6.94. The molecule has 0 unspecified atom stereocenters. The van der Waals surface area contributed by atoms with Gasteiger partial charge in [0.05, 0.1) is 0 Å². The number of alkyl halides is 2. The summed E-state index contributed by atoms with van der Waals surface area (Å²) in [6.45, 7) is 1.86. The topological polar surface area (TPSA) is 98.0 Å². The highest BCUT2D eigenvalue weighted by Gasteiger charge is 2.40. The standard InChI is InChI=1S/C26H29F2N5O3/c1-16-20(8-9-22(34)32(16)2)17-4-6-19(7-5-17)30-25(36)23(18-10-13-26(27,28)14-11-18)31-24(35)21-12-15-29-33(21)3/h4-9,12,15,18,23H,10-11,13-14H2,1-3H3,(H,30,36)(H,31,35)/t23-/m0/s1. The van der Waals surface area contributed by atoms with Crippen molar-refractivity contribution in [1.29, 1.82) is 0 Å². The summed E-state index contributed by atoms with van der Waals surface area (Å²) in [6.07, 6.45) is 1.08. The quantitative estimate of drug-likeness (QED) is 0.543. The Balaban J connectivity index is 1.53. The highest BCUT2D eigenvalue weighted by molar-refractivity contribution is 6.00. The minimum Gasteiger partial charge on any atom is -0.339 e. The molecule has 2 N–H and O–H groups in total. The zero-order valence-electron chi connectivity index (χ0n) is 20.4. The van der Waals surface area contributed by atoms with E-state index in [1.165, 1.54) is 23.0 Å². The van der Waals surface area contributed by atoms with Crippen LogP contribution in [0.2, 0.25) is 0 Å². The molecule has 3 aromatic rings. The fraction of sp³-hybridized carbons (Fsp3) is 0.385. The number of amides is 2. The van der Waals surface area contributed by atoms with Gasteiger partial charge in [-0.1, -0.05) is 12.1 Å². The van der Waals surface area contributed by atoms with Crippen molar-refractivity contribution in [3.63, 3.8) is 0 Å². The lowest BCUT2D eigenvalue weighted by Gasteiger charge is -2.33. The number of anilines is 1. The van der Waals surface area contributed by atoms with Crippen LogP contribution in [0.5, 0.6) is 0 Å². The summed E-state index contributed by atoms with van der Waals surface area (Å²) in [7, 11) is 3.32. The van der Waals surface area contributed by atoms with Gasteiger partial charge in [0.2, 0.25) is 17.4 Å². The first-order chi connectivity index (χ1) is 17.1. The summed E-state index contributed by atoms with van der Waals surface area (Å²) in [5.74, 6) is -4.13. The Bertz CT molecular complexity index is 1320. The van der Waals surface area contributed by atoms with Crippen molar-refractivity contribution in [3.05, 3.63) is 70.4 Å². The number of carbonyl (C=O) groups excluding carboxylic acids is 2. The van der Waals surface area contributed by atoms with Gasteiger partial charge in [-0.25, -0.2) is 8.78 Å². The second-order valence-corrected chi connectivity index (χ2v) is 9.28. The van der Waals surface area contributed by atoms with Crippen molar-refractivity contribution in [2.24, 2.45) is 20.0 Å². The predicted molar refractivity (Wildman–Crippen MR) is 132 cm³/mol. The van der Waals surface area contributed by atoms with Crippen LogP contribution in [-0.4, -0.2) is 38.1 Å². The van der Waals surface area contributed by atoms with Crippen LogP contribution in [-0.2, 0) is 18.9 Å². The molecule has 0 bridgehead atoms. The number of benzene rings is 1. The van der Waals surface area contributed by atoms with Crippen LogP contribution in [0.15, 0.2) is 53.5 Å². The summed E-state index contributed by atoms with van der Waals surface area (Å²) in [4.78, 5) is 37.9. The van der Waals surface area contributed by atoms with E-state index in [1.807, 2.05) is 19.1 Å². The maximum atomic E-state index is 13.8. The minimum absolute atomic E-state index is 0.0974. The molecule has 1 fully saturated rings. The Morgan fingerprint density at radius 2 is 1.72 bits per heavy atom. The highest BCUT2D eigenvalue weighted by atomic mass is 19.3. The molecule has 10 heteroatoms. The summed E-state index contributed by atoms with van der Waals surface area (Å²) in [5, 5.41) is 9.54. The zero-order chi connectivity index (χ0) is 26.0. The third-order valence-corrected chi connectivity index (χ3v) is 6.94. The van der Waals surface area contributed by atoms with Crippen molar-refractivity contribution < 1.29 is 18.4 Å². The highest BCUT2D eigenvalue weighted by Crippen LogP contribution is 2.37. The van der Waals surface area contributed by atoms with Gasteiger partial charge in [0.25, 0.3) is 5.91 Å². The normalized spacial score (nSPS) is 16.4. The predicted octanol–water partition coefficient (Wildman–Crippen LogP) is 3.66.